The van der Waals surface area contributed by atoms with E-state index in [0.717, 1.165) is 29.6 Å². The molecular weight excluding hydrogens is 570 g/mol. The lowest BCUT2D eigenvalue weighted by Gasteiger charge is -2.32. The Bertz CT molecular complexity index is 1930. The van der Waals surface area contributed by atoms with Gasteiger partial charge in [-0.2, -0.15) is 5.10 Å². The van der Waals surface area contributed by atoms with Crippen LogP contribution in [0.4, 0.5) is 5.82 Å². The Hall–Kier alpha value is -5.42. The summed E-state index contributed by atoms with van der Waals surface area (Å²) in [6, 6.07) is 19.6. The number of aromatic nitrogens is 3. The van der Waals surface area contributed by atoms with E-state index in [1.54, 1.807) is 56.6 Å². The summed E-state index contributed by atoms with van der Waals surface area (Å²) in [5.41, 5.74) is 10.5. The molecule has 0 bridgehead atoms. The number of rotatable bonds is 7. The Labute approximate surface area is 260 Å². The van der Waals surface area contributed by atoms with E-state index < -0.39 is 0 Å². The van der Waals surface area contributed by atoms with Gasteiger partial charge in [0.15, 0.2) is 0 Å². The summed E-state index contributed by atoms with van der Waals surface area (Å²) in [6.07, 6.45) is 1.46. The van der Waals surface area contributed by atoms with Crippen LogP contribution in [0.2, 0.25) is 0 Å². The van der Waals surface area contributed by atoms with Gasteiger partial charge in [-0.15, -0.1) is 0 Å². The third-order valence-electron chi connectivity index (χ3n) is 8.07. The number of piperazine rings is 1. The number of ether oxygens (including phenoxy) is 1. The fourth-order valence-electron chi connectivity index (χ4n) is 5.47. The summed E-state index contributed by atoms with van der Waals surface area (Å²) in [7, 11) is 5.45. The van der Waals surface area contributed by atoms with Crippen molar-refractivity contribution < 1.29 is 19.1 Å². The minimum absolute atomic E-state index is 0.00988. The monoisotopic (exact) mass is 605 g/mol. The molecule has 0 aliphatic carbocycles. The van der Waals surface area contributed by atoms with E-state index in [-0.39, 0.29) is 29.0 Å². The molecule has 6 rings (SSSR count). The van der Waals surface area contributed by atoms with Crippen LogP contribution in [-0.4, -0.2) is 94.4 Å². The van der Waals surface area contributed by atoms with E-state index in [4.69, 9.17) is 10.5 Å². The second-order valence-corrected chi connectivity index (χ2v) is 11.5. The molecular formula is C34H35N7O4. The third kappa shape index (κ3) is 5.89. The van der Waals surface area contributed by atoms with Gasteiger partial charge in [-0.3, -0.25) is 14.4 Å². The molecule has 0 radical (unpaired) electrons. The number of nitrogens with one attached hydrogen (secondary N) is 1. The number of anilines is 1. The molecule has 11 heteroatoms. The SMILES string of the molecule is Cc1cc(Oc2cccc(C(=O)N(C)C)c2)ccc1-n1ncc(C(=O)c2cc3cc(C(=O)N4CCN(C)CC4)ccc3[nH]2)c1N. The molecule has 5 aromatic rings. The Morgan fingerprint density at radius 3 is 2.40 bits per heavy atom. The number of hydrogen-bond acceptors (Lipinski definition) is 7. The van der Waals surface area contributed by atoms with Crippen molar-refractivity contribution in [2.75, 3.05) is 53.1 Å². The Kier molecular flexibility index (Phi) is 7.86. The minimum Gasteiger partial charge on any atom is -0.457 e. The maximum Gasteiger partial charge on any atom is 0.253 e. The van der Waals surface area contributed by atoms with Crippen LogP contribution in [-0.2, 0) is 0 Å². The summed E-state index contributed by atoms with van der Waals surface area (Å²) in [6.45, 7) is 4.97. The lowest BCUT2D eigenvalue weighted by molar-refractivity contribution is 0.0664. The van der Waals surface area contributed by atoms with Gasteiger partial charge in [0.05, 0.1) is 23.1 Å². The molecule has 0 saturated carbocycles. The highest BCUT2D eigenvalue weighted by Crippen LogP contribution is 2.29. The number of fused-ring (bicyclic) bond motifs is 1. The number of nitrogens with zero attached hydrogens (tertiary/aromatic N) is 5. The van der Waals surface area contributed by atoms with Crippen molar-refractivity contribution in [1.29, 1.82) is 0 Å². The van der Waals surface area contributed by atoms with E-state index in [1.807, 2.05) is 36.1 Å². The Balaban J connectivity index is 1.20. The fraction of sp³-hybridized carbons (Fsp3) is 0.235. The summed E-state index contributed by atoms with van der Waals surface area (Å²) in [5, 5.41) is 5.19. The van der Waals surface area contributed by atoms with Gasteiger partial charge in [-0.05, 0) is 80.2 Å². The van der Waals surface area contributed by atoms with Crippen molar-refractivity contribution in [2.24, 2.45) is 0 Å². The van der Waals surface area contributed by atoms with Crippen LogP contribution < -0.4 is 10.5 Å². The molecule has 2 aromatic heterocycles. The number of likely N-dealkylation sites (N-methyl/N-ethyl adjacent to an activating group) is 1. The Morgan fingerprint density at radius 1 is 0.911 bits per heavy atom. The maximum atomic E-state index is 13.5. The molecule has 0 atom stereocenters. The summed E-state index contributed by atoms with van der Waals surface area (Å²) >= 11 is 0. The molecule has 230 valence electrons. The first-order valence-corrected chi connectivity index (χ1v) is 14.7. The second-order valence-electron chi connectivity index (χ2n) is 11.5. The van der Waals surface area contributed by atoms with E-state index in [9.17, 15) is 14.4 Å². The zero-order valence-corrected chi connectivity index (χ0v) is 25.7. The smallest absolute Gasteiger partial charge is 0.253 e. The number of carbonyl (C=O) groups excluding carboxylic acids is 3. The average molecular weight is 606 g/mol. The number of ketones is 1. The van der Waals surface area contributed by atoms with E-state index in [1.165, 1.54) is 15.8 Å². The zero-order chi connectivity index (χ0) is 31.8. The van der Waals surface area contributed by atoms with Crippen LogP contribution in [0.15, 0.2) is 72.9 Å². The standard InChI is InChI=1S/C34H35N7O4/c1-21-16-26(45-25-7-5-6-22(18-25)33(43)38(2)3)9-11-30(21)41-32(35)27(20-36-41)31(42)29-19-24-17-23(8-10-28(24)37-29)34(44)40-14-12-39(4)13-15-40/h5-11,16-20,37H,12-15,35H2,1-4H3. The van der Waals surface area contributed by atoms with Gasteiger partial charge in [-0.25, -0.2) is 4.68 Å². The van der Waals surface area contributed by atoms with E-state index in [2.05, 4.69) is 22.0 Å². The van der Waals surface area contributed by atoms with Gasteiger partial charge < -0.3 is 30.2 Å². The maximum absolute atomic E-state index is 13.5. The predicted octanol–water partition coefficient (Wildman–Crippen LogP) is 4.36. The van der Waals surface area contributed by atoms with Gasteiger partial charge in [0.2, 0.25) is 5.78 Å². The van der Waals surface area contributed by atoms with Gasteiger partial charge in [-0.1, -0.05) is 6.07 Å². The topological polar surface area (TPSA) is 130 Å². The van der Waals surface area contributed by atoms with Crippen molar-refractivity contribution in [3.05, 3.63) is 101 Å². The second kappa shape index (κ2) is 11.9. The summed E-state index contributed by atoms with van der Waals surface area (Å²) < 4.78 is 7.55. The molecule has 11 nitrogen and oxygen atoms in total. The van der Waals surface area contributed by atoms with Crippen LogP contribution >= 0.6 is 0 Å². The average Bonchev–Trinajstić information content (AvgIpc) is 3.63. The van der Waals surface area contributed by atoms with Crippen LogP contribution in [0.25, 0.3) is 16.6 Å². The number of aryl methyl sites for hydroxylation is 1. The summed E-state index contributed by atoms with van der Waals surface area (Å²) in [5.74, 6) is 0.902. The van der Waals surface area contributed by atoms with Crippen LogP contribution in [0, 0.1) is 6.92 Å². The number of nitrogens with two attached hydrogens (primary N) is 1. The van der Waals surface area contributed by atoms with Crippen molar-refractivity contribution in [3.8, 4) is 17.2 Å². The number of H-pyrrole nitrogens is 1. The largest absolute Gasteiger partial charge is 0.457 e. The van der Waals surface area contributed by atoms with Gasteiger partial charge in [0.1, 0.15) is 17.3 Å². The van der Waals surface area contributed by atoms with Crippen molar-refractivity contribution in [1.82, 2.24) is 29.5 Å². The summed E-state index contributed by atoms with van der Waals surface area (Å²) in [4.78, 5) is 47.7. The molecule has 2 amide bonds. The van der Waals surface area contributed by atoms with E-state index >= 15 is 0 Å². The number of nitrogen functional groups attached to an aromatic ring is 1. The van der Waals surface area contributed by atoms with Crippen LogP contribution in [0.5, 0.6) is 11.5 Å². The number of amides is 2. The van der Waals surface area contributed by atoms with Crippen molar-refractivity contribution in [3.63, 3.8) is 0 Å². The van der Waals surface area contributed by atoms with Gasteiger partial charge in [0, 0.05) is 62.3 Å². The number of hydrogen-bond donors (Lipinski definition) is 2. The quantitative estimate of drug-likeness (QED) is 0.264. The van der Waals surface area contributed by atoms with E-state index in [0.29, 0.717) is 47.1 Å². The van der Waals surface area contributed by atoms with Crippen molar-refractivity contribution in [2.45, 2.75) is 6.92 Å². The number of carbonyl (C=O) groups is 3. The van der Waals surface area contributed by atoms with Crippen LogP contribution in [0.3, 0.4) is 0 Å². The normalized spacial score (nSPS) is 13.6. The molecule has 1 fully saturated rings. The van der Waals surface area contributed by atoms with Crippen LogP contribution in [0.1, 0.15) is 42.3 Å². The molecule has 1 aliphatic heterocycles. The molecule has 1 aliphatic rings. The molecule has 3 aromatic carbocycles. The molecule has 0 spiro atoms. The first-order valence-electron chi connectivity index (χ1n) is 14.7. The molecule has 1 saturated heterocycles. The first-order chi connectivity index (χ1) is 21.6. The molecule has 45 heavy (non-hydrogen) atoms. The Morgan fingerprint density at radius 2 is 1.67 bits per heavy atom. The first kappa shape index (κ1) is 29.6. The molecule has 3 N–H and O–H groups in total. The minimum atomic E-state index is -0.299. The van der Waals surface area contributed by atoms with Gasteiger partial charge >= 0.3 is 0 Å². The lowest BCUT2D eigenvalue weighted by Crippen LogP contribution is -2.47. The molecule has 3 heterocycles. The fourth-order valence-corrected chi connectivity index (χ4v) is 5.47. The van der Waals surface area contributed by atoms with Crippen molar-refractivity contribution >= 4 is 34.3 Å². The highest BCUT2D eigenvalue weighted by molar-refractivity contribution is 6.13. The molecule has 0 unspecified atom stereocenters. The zero-order valence-electron chi connectivity index (χ0n) is 25.7. The third-order valence-corrected chi connectivity index (χ3v) is 8.07. The highest BCUT2D eigenvalue weighted by atomic mass is 16.5. The highest BCUT2D eigenvalue weighted by Gasteiger charge is 2.23. The number of aromatic amines is 1. The predicted molar refractivity (Wildman–Crippen MR) is 172 cm³/mol. The number of benzene rings is 3. The lowest BCUT2D eigenvalue weighted by atomic mass is 10.1. The van der Waals surface area contributed by atoms with Gasteiger partial charge in [0.25, 0.3) is 11.8 Å².